The maximum Gasteiger partial charge on any atom is 0.472 e. The zero-order chi connectivity index (χ0) is 76.5. The summed E-state index contributed by atoms with van der Waals surface area (Å²) in [6.45, 7) is 12.0. The number of aliphatic hydroxyl groups is 1. The summed E-state index contributed by atoms with van der Waals surface area (Å²) in [6, 6.07) is 0. The number of hydrogen-bond acceptors (Lipinski definition) is 15. The molecule has 0 aromatic heterocycles. The lowest BCUT2D eigenvalue weighted by molar-refractivity contribution is -0.161. The standard InChI is InChI=1S/C85H166O17P2/c1-8-11-12-13-14-15-16-17-18-19-20-21-27-32-37-45-52-59-66-82(87)95-72-80(101-84(89)68-61-54-47-38-33-28-23-22-26-31-36-43-50-57-64-77(6)9-2)74-99-103(91,92)97-70-79(86)71-98-104(93,94)100-75-81(73-96-83(88)67-60-53-46-41-40-44-51-58-65-78(7)10-3)102-85(90)69-62-55-48-39-34-29-24-25-30-35-42-49-56-63-76(4)5/h76-81,86H,8-75H2,1-7H3,(H,91,92)(H,93,94)/t77?,78?,79-,80-,81-/m1/s1. The third-order valence-corrected chi connectivity index (χ3v) is 22.5. The van der Waals surface area contributed by atoms with Crippen LogP contribution in [0.3, 0.4) is 0 Å². The first kappa shape index (κ1) is 102. The molecule has 104 heavy (non-hydrogen) atoms. The Kier molecular flexibility index (Phi) is 73.7. The van der Waals surface area contributed by atoms with Gasteiger partial charge < -0.3 is 33.8 Å². The van der Waals surface area contributed by atoms with Crippen molar-refractivity contribution in [1.29, 1.82) is 0 Å². The molecule has 0 saturated carbocycles. The molecule has 0 aromatic carbocycles. The fourth-order valence-electron chi connectivity index (χ4n) is 13.1. The van der Waals surface area contributed by atoms with Crippen molar-refractivity contribution < 1.29 is 80.2 Å². The Morgan fingerprint density at radius 3 is 0.731 bits per heavy atom. The van der Waals surface area contributed by atoms with Crippen molar-refractivity contribution in [1.82, 2.24) is 0 Å². The molecule has 0 fully saturated rings. The first-order valence-corrected chi connectivity index (χ1v) is 46.9. The van der Waals surface area contributed by atoms with Crippen LogP contribution in [0, 0.1) is 17.8 Å². The third-order valence-electron chi connectivity index (χ3n) is 20.6. The summed E-state index contributed by atoms with van der Waals surface area (Å²) in [5, 5.41) is 10.7. The molecule has 0 saturated heterocycles. The maximum absolute atomic E-state index is 13.1. The lowest BCUT2D eigenvalue weighted by atomic mass is 9.99. The van der Waals surface area contributed by atoms with E-state index >= 15 is 0 Å². The van der Waals surface area contributed by atoms with Crippen molar-refractivity contribution in [3.8, 4) is 0 Å². The predicted octanol–water partition coefficient (Wildman–Crippen LogP) is 25.7. The van der Waals surface area contributed by atoms with Gasteiger partial charge in [0.25, 0.3) is 0 Å². The highest BCUT2D eigenvalue weighted by Crippen LogP contribution is 2.45. The topological polar surface area (TPSA) is 237 Å². The number of aliphatic hydroxyl groups excluding tert-OH is 1. The molecular formula is C85H166O17P2. The van der Waals surface area contributed by atoms with Gasteiger partial charge in [0.05, 0.1) is 26.4 Å². The van der Waals surface area contributed by atoms with Crippen molar-refractivity contribution in [3.05, 3.63) is 0 Å². The van der Waals surface area contributed by atoms with Crippen LogP contribution < -0.4 is 0 Å². The van der Waals surface area contributed by atoms with Crippen molar-refractivity contribution in [2.75, 3.05) is 39.6 Å². The van der Waals surface area contributed by atoms with E-state index in [2.05, 4.69) is 48.5 Å². The third kappa shape index (κ3) is 75.5. The van der Waals surface area contributed by atoms with Gasteiger partial charge in [-0.2, -0.15) is 0 Å². The molecule has 0 radical (unpaired) electrons. The fourth-order valence-corrected chi connectivity index (χ4v) is 14.7. The van der Waals surface area contributed by atoms with E-state index in [0.717, 1.165) is 108 Å². The molecule has 618 valence electrons. The van der Waals surface area contributed by atoms with Gasteiger partial charge in [0, 0.05) is 25.7 Å². The minimum atomic E-state index is -4.97. The average molecular weight is 1520 g/mol. The second kappa shape index (κ2) is 75.1. The normalized spacial score (nSPS) is 14.4. The molecule has 0 aliphatic carbocycles. The highest BCUT2D eigenvalue weighted by molar-refractivity contribution is 7.47. The molecule has 0 bridgehead atoms. The van der Waals surface area contributed by atoms with Crippen molar-refractivity contribution in [2.24, 2.45) is 17.8 Å². The molecule has 0 amide bonds. The first-order valence-electron chi connectivity index (χ1n) is 43.9. The van der Waals surface area contributed by atoms with Gasteiger partial charge in [0.15, 0.2) is 12.2 Å². The summed E-state index contributed by atoms with van der Waals surface area (Å²) in [7, 11) is -9.93. The van der Waals surface area contributed by atoms with E-state index in [1.807, 2.05) is 0 Å². The molecule has 19 heteroatoms. The van der Waals surface area contributed by atoms with Gasteiger partial charge in [-0.15, -0.1) is 0 Å². The van der Waals surface area contributed by atoms with Crippen LogP contribution in [0.1, 0.15) is 447 Å². The number of esters is 4. The Morgan fingerprint density at radius 1 is 0.279 bits per heavy atom. The number of ether oxygens (including phenoxy) is 4. The zero-order valence-electron chi connectivity index (χ0n) is 68.5. The highest BCUT2D eigenvalue weighted by Gasteiger charge is 2.30. The van der Waals surface area contributed by atoms with Crippen LogP contribution >= 0.6 is 15.6 Å². The van der Waals surface area contributed by atoms with Gasteiger partial charge in [-0.25, -0.2) is 9.13 Å². The van der Waals surface area contributed by atoms with Gasteiger partial charge in [0.1, 0.15) is 19.3 Å². The van der Waals surface area contributed by atoms with Crippen LogP contribution in [0.4, 0.5) is 0 Å². The van der Waals surface area contributed by atoms with Crippen LogP contribution in [0.25, 0.3) is 0 Å². The van der Waals surface area contributed by atoms with Crippen LogP contribution in [0.2, 0.25) is 0 Å². The zero-order valence-corrected chi connectivity index (χ0v) is 70.3. The highest BCUT2D eigenvalue weighted by atomic mass is 31.2. The first-order chi connectivity index (χ1) is 50.3. The van der Waals surface area contributed by atoms with Gasteiger partial charge in [-0.05, 0) is 43.4 Å². The second-order valence-electron chi connectivity index (χ2n) is 31.5. The number of phosphoric acid groups is 2. The van der Waals surface area contributed by atoms with E-state index in [0.29, 0.717) is 25.7 Å². The van der Waals surface area contributed by atoms with Crippen LogP contribution in [0.5, 0.6) is 0 Å². The van der Waals surface area contributed by atoms with Crippen molar-refractivity contribution in [3.63, 3.8) is 0 Å². The van der Waals surface area contributed by atoms with E-state index in [1.54, 1.807) is 0 Å². The molecule has 0 heterocycles. The van der Waals surface area contributed by atoms with Crippen molar-refractivity contribution >= 4 is 39.5 Å². The number of carbonyl (C=O) groups is 4. The SMILES string of the molecule is CCCCCCCCCCCCCCCCCCCCC(=O)OC[C@H](COP(=O)(O)OC[C@@H](O)COP(=O)(O)OC[C@@H](COC(=O)CCCCCCCCCCC(C)CC)OC(=O)CCCCCCCCCCCCCCCC(C)C)OC(=O)CCCCCCCCCCCCCCCCC(C)CC. The predicted molar refractivity (Wildman–Crippen MR) is 428 cm³/mol. The number of hydrogen-bond donors (Lipinski definition) is 3. The molecule has 0 rings (SSSR count). The summed E-state index contributed by atoms with van der Waals surface area (Å²) in [5.41, 5.74) is 0. The van der Waals surface area contributed by atoms with Crippen molar-refractivity contribution in [2.45, 2.75) is 465 Å². The van der Waals surface area contributed by atoms with Crippen LogP contribution in [0.15, 0.2) is 0 Å². The van der Waals surface area contributed by atoms with Gasteiger partial charge >= 0.3 is 39.5 Å². The largest absolute Gasteiger partial charge is 0.472 e. The molecule has 0 aliphatic heterocycles. The summed E-state index contributed by atoms with van der Waals surface area (Å²) in [4.78, 5) is 73.2. The van der Waals surface area contributed by atoms with Gasteiger partial charge in [-0.1, -0.05) is 395 Å². The minimum absolute atomic E-state index is 0.107. The smallest absolute Gasteiger partial charge is 0.462 e. The lowest BCUT2D eigenvalue weighted by Crippen LogP contribution is -2.30. The second-order valence-corrected chi connectivity index (χ2v) is 34.4. The van der Waals surface area contributed by atoms with Gasteiger partial charge in [0.2, 0.25) is 0 Å². The van der Waals surface area contributed by atoms with E-state index in [9.17, 15) is 43.2 Å². The molecule has 17 nitrogen and oxygen atoms in total. The summed E-state index contributed by atoms with van der Waals surface area (Å²) < 4.78 is 68.9. The monoisotopic (exact) mass is 1520 g/mol. The quantitative estimate of drug-likeness (QED) is 0.0222. The lowest BCUT2D eigenvalue weighted by Gasteiger charge is -2.21. The van der Waals surface area contributed by atoms with Crippen LogP contribution in [-0.2, 0) is 65.4 Å². The summed E-state index contributed by atoms with van der Waals surface area (Å²) in [5.74, 6) is 0.305. The summed E-state index contributed by atoms with van der Waals surface area (Å²) >= 11 is 0. The number of rotatable bonds is 83. The molecule has 0 aromatic rings. The molecule has 0 spiro atoms. The Balaban J connectivity index is 5.27. The molecule has 3 N–H and O–H groups in total. The number of unbranched alkanes of at least 4 members (excludes halogenated alkanes) is 49. The molecule has 0 aliphatic rings. The minimum Gasteiger partial charge on any atom is -0.462 e. The number of phosphoric ester groups is 2. The van der Waals surface area contributed by atoms with Gasteiger partial charge in [-0.3, -0.25) is 37.3 Å². The van der Waals surface area contributed by atoms with E-state index < -0.39 is 97.5 Å². The van der Waals surface area contributed by atoms with E-state index in [4.69, 9.17) is 37.0 Å². The molecule has 7 atom stereocenters. The number of carbonyl (C=O) groups excluding carboxylic acids is 4. The Bertz CT molecular complexity index is 2010. The maximum atomic E-state index is 13.1. The van der Waals surface area contributed by atoms with E-state index in [1.165, 1.54) is 257 Å². The van der Waals surface area contributed by atoms with Crippen LogP contribution in [-0.4, -0.2) is 96.7 Å². The molecular weight excluding hydrogens is 1350 g/mol. The van der Waals surface area contributed by atoms with E-state index in [-0.39, 0.29) is 25.7 Å². The molecule has 4 unspecified atom stereocenters. The summed E-state index contributed by atoms with van der Waals surface area (Å²) in [6.07, 6.45) is 65.0. The Labute approximate surface area is 638 Å². The Hall–Kier alpha value is -1.94. The average Bonchev–Trinajstić information content (AvgIpc) is 0.922. The Morgan fingerprint density at radius 2 is 0.490 bits per heavy atom. The fraction of sp³-hybridized carbons (Fsp3) is 0.953.